The molecule has 0 radical (unpaired) electrons. The Morgan fingerprint density at radius 3 is 2.80 bits per heavy atom. The highest BCUT2D eigenvalue weighted by Crippen LogP contribution is 2.23. The van der Waals surface area contributed by atoms with Gasteiger partial charge in [-0.2, -0.15) is 5.10 Å². The van der Waals surface area contributed by atoms with Gasteiger partial charge in [0.25, 0.3) is 0 Å². The van der Waals surface area contributed by atoms with Gasteiger partial charge < -0.3 is 9.88 Å². The molecular formula is C14H14FN5. The number of imidazole rings is 1. The number of hydrogen-bond donors (Lipinski definition) is 1. The van der Waals surface area contributed by atoms with E-state index in [-0.39, 0.29) is 5.82 Å². The third-order valence-corrected chi connectivity index (χ3v) is 3.09. The summed E-state index contributed by atoms with van der Waals surface area (Å²) in [5, 5.41) is 7.23. The molecule has 3 aromatic rings. The molecule has 0 amide bonds. The second-order valence-electron chi connectivity index (χ2n) is 4.39. The first-order valence-electron chi connectivity index (χ1n) is 6.24. The molecule has 0 saturated carbocycles. The summed E-state index contributed by atoms with van der Waals surface area (Å²) in [6, 6.07) is 6.70. The first-order valence-corrected chi connectivity index (χ1v) is 6.24. The zero-order valence-corrected chi connectivity index (χ0v) is 11.0. The lowest BCUT2D eigenvalue weighted by Gasteiger charge is -2.13. The lowest BCUT2D eigenvalue weighted by atomic mass is 10.2. The molecule has 0 aliphatic rings. The van der Waals surface area contributed by atoms with Crippen molar-refractivity contribution in [3.05, 3.63) is 60.7 Å². The maximum absolute atomic E-state index is 14.0. The van der Waals surface area contributed by atoms with Crippen molar-refractivity contribution in [1.29, 1.82) is 0 Å². The number of para-hydroxylation sites is 1. The normalized spacial score (nSPS) is 10.7. The Kier molecular flexibility index (Phi) is 3.20. The van der Waals surface area contributed by atoms with E-state index in [9.17, 15) is 4.39 Å². The van der Waals surface area contributed by atoms with Crippen molar-refractivity contribution >= 4 is 5.69 Å². The second-order valence-corrected chi connectivity index (χ2v) is 4.39. The van der Waals surface area contributed by atoms with Gasteiger partial charge in [-0.3, -0.25) is 0 Å². The van der Waals surface area contributed by atoms with Gasteiger partial charge >= 0.3 is 0 Å². The van der Waals surface area contributed by atoms with Gasteiger partial charge in [0.1, 0.15) is 11.6 Å². The molecule has 0 aliphatic heterocycles. The monoisotopic (exact) mass is 271 g/mol. The van der Waals surface area contributed by atoms with Crippen LogP contribution in [0.2, 0.25) is 0 Å². The molecule has 102 valence electrons. The minimum atomic E-state index is -0.313. The van der Waals surface area contributed by atoms with Gasteiger partial charge in [0.2, 0.25) is 0 Å². The topological polar surface area (TPSA) is 47.7 Å². The van der Waals surface area contributed by atoms with Gasteiger partial charge in [0.15, 0.2) is 0 Å². The van der Waals surface area contributed by atoms with E-state index >= 15 is 0 Å². The van der Waals surface area contributed by atoms with Gasteiger partial charge in [0, 0.05) is 31.8 Å². The maximum atomic E-state index is 14.0. The largest absolute Gasteiger partial charge is 0.374 e. The van der Waals surface area contributed by atoms with Crippen molar-refractivity contribution in [1.82, 2.24) is 19.3 Å². The average molecular weight is 271 g/mol. The fourth-order valence-electron chi connectivity index (χ4n) is 2.02. The Morgan fingerprint density at radius 2 is 2.10 bits per heavy atom. The predicted molar refractivity (Wildman–Crippen MR) is 74.1 cm³/mol. The minimum Gasteiger partial charge on any atom is -0.374 e. The van der Waals surface area contributed by atoms with E-state index in [1.807, 2.05) is 23.9 Å². The predicted octanol–water partition coefficient (Wildman–Crippen LogP) is 2.36. The molecule has 0 unspecified atom stereocenters. The van der Waals surface area contributed by atoms with Crippen molar-refractivity contribution in [2.45, 2.75) is 6.54 Å². The number of aromatic nitrogens is 4. The number of hydrogen-bond acceptors (Lipinski definition) is 3. The third-order valence-electron chi connectivity index (χ3n) is 3.09. The summed E-state index contributed by atoms with van der Waals surface area (Å²) in [7, 11) is 1.90. The molecule has 0 saturated heterocycles. The molecule has 0 fully saturated rings. The van der Waals surface area contributed by atoms with Crippen LogP contribution in [0.3, 0.4) is 0 Å². The molecule has 0 atom stereocenters. The van der Waals surface area contributed by atoms with Gasteiger partial charge in [-0.1, -0.05) is 6.07 Å². The summed E-state index contributed by atoms with van der Waals surface area (Å²) < 4.78 is 17.6. The van der Waals surface area contributed by atoms with Crippen molar-refractivity contribution in [2.24, 2.45) is 7.05 Å². The van der Waals surface area contributed by atoms with Crippen LogP contribution in [0.15, 0.2) is 49.1 Å². The van der Waals surface area contributed by atoms with E-state index in [1.54, 1.807) is 35.4 Å². The number of nitrogens with zero attached hydrogens (tertiary/aromatic N) is 4. The lowest BCUT2D eigenvalue weighted by molar-refractivity contribution is 0.627. The van der Waals surface area contributed by atoms with Crippen molar-refractivity contribution < 1.29 is 4.39 Å². The Balaban J connectivity index is 1.91. The molecule has 1 aromatic carbocycles. The molecule has 0 spiro atoms. The molecule has 2 heterocycles. The van der Waals surface area contributed by atoms with Crippen LogP contribution in [-0.2, 0) is 13.6 Å². The van der Waals surface area contributed by atoms with Crippen LogP contribution >= 0.6 is 0 Å². The number of benzene rings is 1. The molecule has 5 nitrogen and oxygen atoms in total. The van der Waals surface area contributed by atoms with E-state index in [4.69, 9.17) is 0 Å². The molecule has 20 heavy (non-hydrogen) atoms. The van der Waals surface area contributed by atoms with Crippen LogP contribution in [0.25, 0.3) is 5.69 Å². The van der Waals surface area contributed by atoms with Crippen molar-refractivity contribution in [3.8, 4) is 5.69 Å². The number of anilines is 1. The summed E-state index contributed by atoms with van der Waals surface area (Å²) in [6.07, 6.45) is 7.01. The smallest absolute Gasteiger partial charge is 0.148 e. The Labute approximate surface area is 115 Å². The summed E-state index contributed by atoms with van der Waals surface area (Å²) in [6.45, 7) is 0.443. The molecule has 2 aromatic heterocycles. The van der Waals surface area contributed by atoms with E-state index in [1.165, 1.54) is 6.07 Å². The van der Waals surface area contributed by atoms with E-state index in [0.29, 0.717) is 17.9 Å². The van der Waals surface area contributed by atoms with Crippen LogP contribution in [-0.4, -0.2) is 19.3 Å². The Bertz CT molecular complexity index is 702. The van der Waals surface area contributed by atoms with E-state index in [2.05, 4.69) is 15.4 Å². The number of halogens is 1. The van der Waals surface area contributed by atoms with E-state index < -0.39 is 0 Å². The second kappa shape index (κ2) is 5.16. The molecule has 0 aliphatic carbocycles. The van der Waals surface area contributed by atoms with Crippen LogP contribution < -0.4 is 5.32 Å². The van der Waals surface area contributed by atoms with Gasteiger partial charge in [-0.15, -0.1) is 0 Å². The first-order chi connectivity index (χ1) is 9.75. The summed E-state index contributed by atoms with van der Waals surface area (Å²) in [5.41, 5.74) is 1.09. The van der Waals surface area contributed by atoms with Gasteiger partial charge in [0.05, 0.1) is 17.9 Å². The SMILES string of the molecule is Cn1ccnc1CNc1c(F)cccc1-n1cccn1. The summed E-state index contributed by atoms with van der Waals surface area (Å²) in [5.74, 6) is 0.520. The van der Waals surface area contributed by atoms with Crippen LogP contribution in [0.1, 0.15) is 5.82 Å². The maximum Gasteiger partial charge on any atom is 0.148 e. The highest BCUT2D eigenvalue weighted by atomic mass is 19.1. The fraction of sp³-hybridized carbons (Fsp3) is 0.143. The Hall–Kier alpha value is -2.63. The van der Waals surface area contributed by atoms with Crippen molar-refractivity contribution in [3.63, 3.8) is 0 Å². The number of nitrogens with one attached hydrogen (secondary N) is 1. The van der Waals surface area contributed by atoms with Gasteiger partial charge in [-0.25, -0.2) is 14.1 Å². The zero-order chi connectivity index (χ0) is 13.9. The Morgan fingerprint density at radius 1 is 1.20 bits per heavy atom. The number of aryl methyl sites for hydroxylation is 1. The summed E-state index contributed by atoms with van der Waals surface area (Å²) in [4.78, 5) is 4.21. The zero-order valence-electron chi connectivity index (χ0n) is 11.0. The average Bonchev–Trinajstić information content (AvgIpc) is 3.09. The molecular weight excluding hydrogens is 257 g/mol. The highest BCUT2D eigenvalue weighted by molar-refractivity contribution is 5.61. The van der Waals surface area contributed by atoms with Crippen LogP contribution in [0.5, 0.6) is 0 Å². The molecule has 1 N–H and O–H groups in total. The molecule has 3 rings (SSSR count). The van der Waals surface area contributed by atoms with E-state index in [0.717, 1.165) is 5.82 Å². The molecule has 0 bridgehead atoms. The van der Waals surface area contributed by atoms with Crippen molar-refractivity contribution in [2.75, 3.05) is 5.32 Å². The quantitative estimate of drug-likeness (QED) is 0.792. The van der Waals surface area contributed by atoms with Crippen LogP contribution in [0, 0.1) is 5.82 Å². The standard InChI is InChI=1S/C14H14FN5/c1-19-9-7-16-13(19)10-17-14-11(15)4-2-5-12(14)20-8-3-6-18-20/h2-9,17H,10H2,1H3. The number of rotatable bonds is 4. The highest BCUT2D eigenvalue weighted by Gasteiger charge is 2.11. The third kappa shape index (κ3) is 2.27. The minimum absolute atomic E-state index is 0.313. The molecule has 6 heteroatoms. The summed E-state index contributed by atoms with van der Waals surface area (Å²) >= 11 is 0. The van der Waals surface area contributed by atoms with Gasteiger partial charge in [-0.05, 0) is 18.2 Å². The lowest BCUT2D eigenvalue weighted by Crippen LogP contribution is -2.10. The fourth-order valence-corrected chi connectivity index (χ4v) is 2.02. The van der Waals surface area contributed by atoms with Crippen LogP contribution in [0.4, 0.5) is 10.1 Å². The first kappa shape index (κ1) is 12.4.